The summed E-state index contributed by atoms with van der Waals surface area (Å²) in [6.45, 7) is 5.10. The number of nitrogens with one attached hydrogen (secondary N) is 3. The van der Waals surface area contributed by atoms with Gasteiger partial charge in [-0.1, -0.05) is 18.6 Å². The molecule has 0 aliphatic heterocycles. The minimum absolute atomic E-state index is 0.00365. The van der Waals surface area contributed by atoms with E-state index in [-0.39, 0.29) is 29.6 Å². The third-order valence-corrected chi connectivity index (χ3v) is 6.74. The molecule has 1 aromatic carbocycles. The average molecular weight is 526 g/mol. The highest BCUT2D eigenvalue weighted by molar-refractivity contribution is 5.92. The van der Waals surface area contributed by atoms with Crippen LogP contribution in [0.2, 0.25) is 0 Å². The fourth-order valence-corrected chi connectivity index (χ4v) is 4.53. The summed E-state index contributed by atoms with van der Waals surface area (Å²) in [6, 6.07) is 5.58. The molecule has 9 nitrogen and oxygen atoms in total. The number of carbonyl (C=O) groups excluding carboxylic acids is 2. The lowest BCUT2D eigenvalue weighted by Gasteiger charge is -2.32. The number of hydrogen-bond acceptors (Lipinski definition) is 7. The van der Waals surface area contributed by atoms with Gasteiger partial charge in [0.25, 0.3) is 0 Å². The standard InChI is InChI=1S/C28H40FN7O2/c1-6-30-26-24(18-31-28(34-26)33-23-13-8-11-21(29)17-23)20-10-7-12-22(16-20)32-27(38)19(2)36(5)25(37)14-9-15-35(3)4/h8-9,11,13-14,17-20,22H,6-7,10,12,15-16H2,1-5H3,(H,32,38)(H2,30,31,33,34)/b14-9+/t19-,20+,22-/m0/s1. The first-order chi connectivity index (χ1) is 18.2. The highest BCUT2D eigenvalue weighted by Crippen LogP contribution is 2.36. The normalized spacial score (nSPS) is 18.3. The van der Waals surface area contributed by atoms with Gasteiger partial charge < -0.3 is 25.8 Å². The smallest absolute Gasteiger partial charge is 0.246 e. The van der Waals surface area contributed by atoms with Crippen LogP contribution in [0.4, 0.5) is 21.8 Å². The zero-order chi connectivity index (χ0) is 27.7. The first-order valence-corrected chi connectivity index (χ1v) is 13.2. The number of carbonyl (C=O) groups is 2. The van der Waals surface area contributed by atoms with E-state index >= 15 is 0 Å². The molecule has 1 heterocycles. The summed E-state index contributed by atoms with van der Waals surface area (Å²) in [4.78, 5) is 38.0. The predicted octanol–water partition coefficient (Wildman–Crippen LogP) is 3.90. The van der Waals surface area contributed by atoms with Crippen molar-refractivity contribution in [1.29, 1.82) is 0 Å². The van der Waals surface area contributed by atoms with Gasteiger partial charge in [0.1, 0.15) is 17.7 Å². The maximum Gasteiger partial charge on any atom is 0.246 e. The van der Waals surface area contributed by atoms with E-state index in [9.17, 15) is 14.0 Å². The molecule has 0 spiro atoms. The minimum atomic E-state index is -0.583. The summed E-state index contributed by atoms with van der Waals surface area (Å²) < 4.78 is 13.6. The molecule has 2 aromatic rings. The molecule has 0 radical (unpaired) electrons. The molecule has 3 rings (SSSR count). The van der Waals surface area contributed by atoms with Crippen LogP contribution in [0.15, 0.2) is 42.6 Å². The van der Waals surface area contributed by atoms with Gasteiger partial charge in [0.15, 0.2) is 0 Å². The van der Waals surface area contributed by atoms with E-state index in [2.05, 4.69) is 25.9 Å². The Morgan fingerprint density at radius 3 is 2.74 bits per heavy atom. The highest BCUT2D eigenvalue weighted by Gasteiger charge is 2.29. The van der Waals surface area contributed by atoms with Crippen LogP contribution in [0.5, 0.6) is 0 Å². The lowest BCUT2D eigenvalue weighted by Crippen LogP contribution is -2.49. The molecule has 206 valence electrons. The number of amides is 2. The summed E-state index contributed by atoms with van der Waals surface area (Å²) in [6.07, 6.45) is 8.68. The third-order valence-electron chi connectivity index (χ3n) is 6.74. The van der Waals surface area contributed by atoms with Gasteiger partial charge in [0.05, 0.1) is 0 Å². The lowest BCUT2D eigenvalue weighted by atomic mass is 9.81. The van der Waals surface area contributed by atoms with Crippen LogP contribution in [0.1, 0.15) is 51.0 Å². The second-order valence-corrected chi connectivity index (χ2v) is 10.0. The second kappa shape index (κ2) is 13.9. The fraction of sp³-hybridized carbons (Fsp3) is 0.500. The summed E-state index contributed by atoms with van der Waals surface area (Å²) in [5.74, 6) is 0.605. The molecule has 1 aliphatic rings. The van der Waals surface area contributed by atoms with Gasteiger partial charge >= 0.3 is 0 Å². The maximum atomic E-state index is 13.6. The van der Waals surface area contributed by atoms with Crippen molar-refractivity contribution < 1.29 is 14.0 Å². The molecule has 2 amide bonds. The Morgan fingerprint density at radius 2 is 2.03 bits per heavy atom. The van der Waals surface area contributed by atoms with Crippen molar-refractivity contribution in [2.75, 3.05) is 44.9 Å². The van der Waals surface area contributed by atoms with E-state index in [0.29, 0.717) is 24.7 Å². The Balaban J connectivity index is 1.64. The molecule has 10 heteroatoms. The number of anilines is 3. The molecular weight excluding hydrogens is 485 g/mol. The van der Waals surface area contributed by atoms with Crippen LogP contribution in [-0.4, -0.2) is 77.9 Å². The third kappa shape index (κ3) is 8.24. The number of nitrogens with zero attached hydrogens (tertiary/aromatic N) is 4. The lowest BCUT2D eigenvalue weighted by molar-refractivity contribution is -0.135. The first kappa shape index (κ1) is 29.0. The number of halogens is 1. The van der Waals surface area contributed by atoms with Crippen LogP contribution < -0.4 is 16.0 Å². The van der Waals surface area contributed by atoms with Crippen LogP contribution in [-0.2, 0) is 9.59 Å². The topological polar surface area (TPSA) is 102 Å². The van der Waals surface area contributed by atoms with Crippen LogP contribution in [0.3, 0.4) is 0 Å². The molecule has 1 aliphatic carbocycles. The zero-order valence-corrected chi connectivity index (χ0v) is 23.0. The monoisotopic (exact) mass is 525 g/mol. The molecule has 3 N–H and O–H groups in total. The Labute approximate surface area is 224 Å². The van der Waals surface area contributed by atoms with E-state index in [1.54, 1.807) is 32.2 Å². The van der Waals surface area contributed by atoms with Crippen molar-refractivity contribution in [2.24, 2.45) is 0 Å². The minimum Gasteiger partial charge on any atom is -0.370 e. The Morgan fingerprint density at radius 1 is 1.24 bits per heavy atom. The molecular formula is C28H40FN7O2. The van der Waals surface area contributed by atoms with Crippen molar-refractivity contribution in [3.63, 3.8) is 0 Å². The summed E-state index contributed by atoms with van der Waals surface area (Å²) in [5.41, 5.74) is 1.58. The van der Waals surface area contributed by atoms with Crippen molar-refractivity contribution >= 4 is 29.3 Å². The molecule has 1 fully saturated rings. The van der Waals surface area contributed by atoms with Gasteiger partial charge in [0.2, 0.25) is 17.8 Å². The molecule has 0 bridgehead atoms. The zero-order valence-electron chi connectivity index (χ0n) is 23.0. The number of hydrogen-bond donors (Lipinski definition) is 3. The van der Waals surface area contributed by atoms with E-state index in [0.717, 1.165) is 37.1 Å². The Hall–Kier alpha value is -3.53. The van der Waals surface area contributed by atoms with E-state index in [1.807, 2.05) is 32.1 Å². The van der Waals surface area contributed by atoms with Crippen molar-refractivity contribution in [1.82, 2.24) is 25.1 Å². The second-order valence-electron chi connectivity index (χ2n) is 10.0. The van der Waals surface area contributed by atoms with Gasteiger partial charge in [-0.05, 0) is 71.3 Å². The van der Waals surface area contributed by atoms with Gasteiger partial charge in [0, 0.05) is 49.7 Å². The molecule has 38 heavy (non-hydrogen) atoms. The predicted molar refractivity (Wildman–Crippen MR) is 149 cm³/mol. The number of likely N-dealkylation sites (N-methyl/N-ethyl adjacent to an activating group) is 2. The average Bonchev–Trinajstić information content (AvgIpc) is 2.88. The summed E-state index contributed by atoms with van der Waals surface area (Å²) >= 11 is 0. The van der Waals surface area contributed by atoms with Gasteiger partial charge in [-0.15, -0.1) is 0 Å². The highest BCUT2D eigenvalue weighted by atomic mass is 19.1. The van der Waals surface area contributed by atoms with Crippen LogP contribution in [0, 0.1) is 5.82 Å². The summed E-state index contributed by atoms with van der Waals surface area (Å²) in [7, 11) is 5.51. The Kier molecular flexibility index (Phi) is 10.6. The number of aromatic nitrogens is 2. The molecule has 3 atom stereocenters. The molecule has 1 saturated carbocycles. The number of rotatable bonds is 11. The van der Waals surface area contributed by atoms with Crippen molar-refractivity contribution in [2.45, 2.75) is 57.5 Å². The van der Waals surface area contributed by atoms with Crippen molar-refractivity contribution in [3.05, 3.63) is 54.0 Å². The first-order valence-electron chi connectivity index (χ1n) is 13.2. The van der Waals surface area contributed by atoms with Gasteiger partial charge in [-0.2, -0.15) is 4.98 Å². The number of benzene rings is 1. The maximum absolute atomic E-state index is 13.6. The fourth-order valence-electron chi connectivity index (χ4n) is 4.53. The van der Waals surface area contributed by atoms with E-state index in [4.69, 9.17) is 0 Å². The molecule has 1 aromatic heterocycles. The van der Waals surface area contributed by atoms with Gasteiger partial charge in [-0.3, -0.25) is 9.59 Å². The largest absolute Gasteiger partial charge is 0.370 e. The van der Waals surface area contributed by atoms with E-state index in [1.165, 1.54) is 23.1 Å². The summed E-state index contributed by atoms with van der Waals surface area (Å²) in [5, 5.41) is 9.55. The quantitative estimate of drug-likeness (QED) is 0.383. The SMILES string of the molecule is CCNc1nc(Nc2cccc(F)c2)ncc1[C@@H]1CCC[C@H](NC(=O)[C@H](C)N(C)C(=O)/C=C/CN(C)C)C1. The molecule has 0 saturated heterocycles. The van der Waals surface area contributed by atoms with Crippen molar-refractivity contribution in [3.8, 4) is 0 Å². The Bertz CT molecular complexity index is 1120. The van der Waals surface area contributed by atoms with E-state index < -0.39 is 6.04 Å². The van der Waals surface area contributed by atoms with Crippen LogP contribution in [0.25, 0.3) is 0 Å². The molecule has 0 unspecified atom stereocenters. The van der Waals surface area contributed by atoms with Gasteiger partial charge in [-0.25, -0.2) is 9.37 Å². The van der Waals surface area contributed by atoms with Crippen LogP contribution >= 0.6 is 0 Å².